The Hall–Kier alpha value is -1.92. The second-order valence-corrected chi connectivity index (χ2v) is 3.69. The normalized spacial score (nSPS) is 15.7. The predicted octanol–water partition coefficient (Wildman–Crippen LogP) is 1.45. The van der Waals surface area contributed by atoms with Crippen LogP contribution in [0.2, 0.25) is 0 Å². The summed E-state index contributed by atoms with van der Waals surface area (Å²) in [5.74, 6) is 0.196. The van der Waals surface area contributed by atoms with E-state index in [1.807, 2.05) is 0 Å². The van der Waals surface area contributed by atoms with Crippen LogP contribution in [0, 0.1) is 13.8 Å². The van der Waals surface area contributed by atoms with E-state index in [4.69, 9.17) is 0 Å². The van der Waals surface area contributed by atoms with Crippen molar-refractivity contribution in [3.63, 3.8) is 0 Å². The molecule has 0 fully saturated rings. The standard InChI is InChI=1S/C10H10F2N4O/c1-5-3-8(14-6(2)13-5)16-9(17)4-7(15-16)10(11)12/h3,10H,4H2,1-2H3. The van der Waals surface area contributed by atoms with Crippen LogP contribution in [0.1, 0.15) is 17.9 Å². The van der Waals surface area contributed by atoms with Crippen molar-refractivity contribution in [2.75, 3.05) is 5.01 Å². The smallest absolute Gasteiger partial charge is 0.272 e. The molecule has 2 heterocycles. The average molecular weight is 240 g/mol. The van der Waals surface area contributed by atoms with Crippen LogP contribution in [-0.2, 0) is 4.79 Å². The minimum Gasteiger partial charge on any atom is -0.272 e. The van der Waals surface area contributed by atoms with Gasteiger partial charge in [-0.15, -0.1) is 0 Å². The number of alkyl halides is 2. The zero-order valence-electron chi connectivity index (χ0n) is 9.31. The predicted molar refractivity (Wildman–Crippen MR) is 57.0 cm³/mol. The summed E-state index contributed by atoms with van der Waals surface area (Å²) in [6, 6.07) is 1.53. The molecule has 1 amide bonds. The number of hydrazone groups is 1. The van der Waals surface area contributed by atoms with E-state index in [1.54, 1.807) is 13.8 Å². The van der Waals surface area contributed by atoms with Crippen LogP contribution >= 0.6 is 0 Å². The van der Waals surface area contributed by atoms with Crippen molar-refractivity contribution in [2.24, 2.45) is 5.10 Å². The van der Waals surface area contributed by atoms with Crippen molar-refractivity contribution in [2.45, 2.75) is 26.7 Å². The first-order valence-electron chi connectivity index (χ1n) is 4.98. The van der Waals surface area contributed by atoms with Gasteiger partial charge in [-0.2, -0.15) is 10.1 Å². The van der Waals surface area contributed by atoms with E-state index in [-0.39, 0.29) is 12.2 Å². The molecule has 0 N–H and O–H groups in total. The quantitative estimate of drug-likeness (QED) is 0.786. The first-order chi connectivity index (χ1) is 7.97. The molecule has 0 saturated carbocycles. The molecule has 1 aliphatic heterocycles. The van der Waals surface area contributed by atoms with Crippen molar-refractivity contribution in [1.82, 2.24) is 9.97 Å². The van der Waals surface area contributed by atoms with Crippen LogP contribution in [0.3, 0.4) is 0 Å². The maximum atomic E-state index is 12.4. The van der Waals surface area contributed by atoms with Crippen LogP contribution in [0.25, 0.3) is 0 Å². The van der Waals surface area contributed by atoms with Gasteiger partial charge in [0.05, 0.1) is 6.42 Å². The summed E-state index contributed by atoms with van der Waals surface area (Å²) in [6.07, 6.45) is -3.08. The van der Waals surface area contributed by atoms with Crippen molar-refractivity contribution < 1.29 is 13.6 Å². The minimum absolute atomic E-state index is 0.232. The number of amides is 1. The molecule has 0 atom stereocenters. The molecule has 5 nitrogen and oxygen atoms in total. The summed E-state index contributed by atoms with van der Waals surface area (Å²) in [7, 11) is 0. The maximum Gasteiger partial charge on any atom is 0.278 e. The molecule has 1 aliphatic rings. The van der Waals surface area contributed by atoms with Crippen LogP contribution < -0.4 is 5.01 Å². The van der Waals surface area contributed by atoms with Crippen LogP contribution in [0.5, 0.6) is 0 Å². The van der Waals surface area contributed by atoms with Crippen molar-refractivity contribution in [3.05, 3.63) is 17.6 Å². The van der Waals surface area contributed by atoms with E-state index < -0.39 is 18.0 Å². The lowest BCUT2D eigenvalue weighted by molar-refractivity contribution is -0.117. The average Bonchev–Trinajstić information content (AvgIpc) is 2.59. The van der Waals surface area contributed by atoms with Crippen LogP contribution in [0.4, 0.5) is 14.6 Å². The van der Waals surface area contributed by atoms with Crippen molar-refractivity contribution in [1.29, 1.82) is 0 Å². The monoisotopic (exact) mass is 240 g/mol. The molecule has 0 spiro atoms. The van der Waals surface area contributed by atoms with E-state index in [0.717, 1.165) is 5.01 Å². The third-order valence-corrected chi connectivity index (χ3v) is 2.22. The van der Waals surface area contributed by atoms with Gasteiger partial charge in [0.25, 0.3) is 12.3 Å². The molecular formula is C10H10F2N4O. The van der Waals surface area contributed by atoms with Gasteiger partial charge in [-0.3, -0.25) is 4.79 Å². The molecule has 0 aromatic carbocycles. The van der Waals surface area contributed by atoms with Gasteiger partial charge >= 0.3 is 0 Å². The van der Waals surface area contributed by atoms with E-state index >= 15 is 0 Å². The van der Waals surface area contributed by atoms with Gasteiger partial charge in [-0.25, -0.2) is 18.7 Å². The fourth-order valence-electron chi connectivity index (χ4n) is 1.56. The van der Waals surface area contributed by atoms with E-state index in [0.29, 0.717) is 11.5 Å². The number of nitrogens with zero attached hydrogens (tertiary/aromatic N) is 4. The van der Waals surface area contributed by atoms with Gasteiger partial charge in [-0.1, -0.05) is 0 Å². The SMILES string of the molecule is Cc1cc(N2N=C(C(F)F)CC2=O)nc(C)n1. The van der Waals surface area contributed by atoms with Gasteiger partial charge in [0.15, 0.2) is 5.82 Å². The fraction of sp³-hybridized carbons (Fsp3) is 0.400. The van der Waals surface area contributed by atoms with Crippen molar-refractivity contribution in [3.8, 4) is 0 Å². The van der Waals surface area contributed by atoms with E-state index in [2.05, 4.69) is 15.1 Å². The number of anilines is 1. The highest BCUT2D eigenvalue weighted by atomic mass is 19.3. The Labute approximate surface area is 96.2 Å². The molecule has 17 heavy (non-hydrogen) atoms. The lowest BCUT2D eigenvalue weighted by atomic mass is 10.3. The van der Waals surface area contributed by atoms with Crippen molar-refractivity contribution >= 4 is 17.4 Å². The molecule has 7 heteroatoms. The third kappa shape index (κ3) is 2.27. The Bertz CT molecular complexity index is 481. The van der Waals surface area contributed by atoms with Gasteiger partial charge < -0.3 is 0 Å². The molecule has 0 aliphatic carbocycles. The summed E-state index contributed by atoms with van der Waals surface area (Å²) in [4.78, 5) is 19.6. The zero-order valence-corrected chi connectivity index (χ0v) is 9.31. The second-order valence-electron chi connectivity index (χ2n) is 3.69. The first kappa shape index (κ1) is 11.6. The highest BCUT2D eigenvalue weighted by Gasteiger charge is 2.31. The molecular weight excluding hydrogens is 230 g/mol. The number of hydrogen-bond acceptors (Lipinski definition) is 4. The lowest BCUT2D eigenvalue weighted by Gasteiger charge is -2.11. The summed E-state index contributed by atoms with van der Waals surface area (Å²) in [5, 5.41) is 4.49. The first-order valence-corrected chi connectivity index (χ1v) is 4.98. The topological polar surface area (TPSA) is 58.5 Å². The van der Waals surface area contributed by atoms with Crippen LogP contribution in [0.15, 0.2) is 11.2 Å². The molecule has 0 unspecified atom stereocenters. The number of aryl methyl sites for hydroxylation is 2. The number of halogens is 2. The summed E-state index contributed by atoms with van der Waals surface area (Å²) in [5.41, 5.74) is 0.227. The van der Waals surface area contributed by atoms with Gasteiger partial charge in [0, 0.05) is 11.8 Å². The van der Waals surface area contributed by atoms with Gasteiger partial charge in [0.2, 0.25) is 0 Å². The Morgan fingerprint density at radius 1 is 1.35 bits per heavy atom. The molecule has 1 aromatic rings. The molecule has 1 aromatic heterocycles. The minimum atomic E-state index is -2.71. The molecule has 2 rings (SSSR count). The lowest BCUT2D eigenvalue weighted by Crippen LogP contribution is -2.21. The summed E-state index contributed by atoms with van der Waals surface area (Å²) >= 11 is 0. The molecule has 0 saturated heterocycles. The number of aromatic nitrogens is 2. The van der Waals surface area contributed by atoms with E-state index in [9.17, 15) is 13.6 Å². The number of hydrogen-bond donors (Lipinski definition) is 0. The van der Waals surface area contributed by atoms with Gasteiger partial charge in [0.1, 0.15) is 11.5 Å². The zero-order chi connectivity index (χ0) is 12.6. The highest BCUT2D eigenvalue weighted by Crippen LogP contribution is 2.21. The largest absolute Gasteiger partial charge is 0.278 e. The number of carbonyl (C=O) groups excluding carboxylic acids is 1. The third-order valence-electron chi connectivity index (χ3n) is 2.22. The maximum absolute atomic E-state index is 12.4. The summed E-state index contributed by atoms with van der Waals surface area (Å²) < 4.78 is 24.8. The molecule has 0 bridgehead atoms. The second kappa shape index (κ2) is 4.15. The summed E-state index contributed by atoms with van der Waals surface area (Å²) in [6.45, 7) is 3.39. The Morgan fingerprint density at radius 3 is 2.59 bits per heavy atom. The fourth-order valence-corrected chi connectivity index (χ4v) is 1.56. The highest BCUT2D eigenvalue weighted by molar-refractivity contribution is 6.13. The van der Waals surface area contributed by atoms with Crippen LogP contribution in [-0.4, -0.2) is 28.0 Å². The molecule has 90 valence electrons. The Morgan fingerprint density at radius 2 is 2.06 bits per heavy atom. The van der Waals surface area contributed by atoms with Gasteiger partial charge in [-0.05, 0) is 13.8 Å². The van der Waals surface area contributed by atoms with E-state index in [1.165, 1.54) is 6.07 Å². The Balaban J connectivity index is 2.37. The number of carbonyl (C=O) groups is 1. The number of rotatable bonds is 2. The molecule has 0 radical (unpaired) electrons. The Kier molecular flexibility index (Phi) is 2.83.